The first-order valence-corrected chi connectivity index (χ1v) is 6.01. The molecule has 0 spiro atoms. The van der Waals surface area contributed by atoms with Gasteiger partial charge < -0.3 is 4.74 Å². The van der Waals surface area contributed by atoms with Crippen molar-refractivity contribution in [1.82, 2.24) is 0 Å². The Morgan fingerprint density at radius 3 is 2.63 bits per heavy atom. The van der Waals surface area contributed by atoms with Crippen molar-refractivity contribution in [2.45, 2.75) is 6.42 Å². The summed E-state index contributed by atoms with van der Waals surface area (Å²) in [5.41, 5.74) is 1.06. The normalized spacial score (nSPS) is 13.2. The highest BCUT2D eigenvalue weighted by atomic mass is 19.1. The lowest BCUT2D eigenvalue weighted by Crippen LogP contribution is -2.15. The summed E-state index contributed by atoms with van der Waals surface area (Å²) in [7, 11) is 0. The van der Waals surface area contributed by atoms with Crippen LogP contribution in [0.2, 0.25) is 0 Å². The number of rotatable bonds is 2. The molecule has 0 bridgehead atoms. The van der Waals surface area contributed by atoms with E-state index in [2.05, 4.69) is 0 Å². The molecule has 0 saturated heterocycles. The fourth-order valence-corrected chi connectivity index (χ4v) is 2.05. The zero-order valence-electron chi connectivity index (χ0n) is 10.1. The molecule has 0 aromatic heterocycles. The van der Waals surface area contributed by atoms with Gasteiger partial charge in [-0.25, -0.2) is 4.39 Å². The minimum Gasteiger partial charge on any atom is -0.453 e. The maximum Gasteiger partial charge on any atom is 0.230 e. The SMILES string of the molecule is O=C(C1=CCc2ccccc2O1)c1ccccc1F. The first kappa shape index (κ1) is 11.7. The standard InChI is InChI=1S/C16H11FO2/c17-13-7-3-2-6-12(13)16(18)15-10-9-11-5-1-4-8-14(11)19-15/h1-8,10H,9H2. The van der Waals surface area contributed by atoms with Gasteiger partial charge in [0.25, 0.3) is 0 Å². The molecule has 0 unspecified atom stereocenters. The van der Waals surface area contributed by atoms with Crippen LogP contribution >= 0.6 is 0 Å². The lowest BCUT2D eigenvalue weighted by molar-refractivity contribution is 0.0979. The van der Waals surface area contributed by atoms with E-state index in [-0.39, 0.29) is 11.3 Å². The van der Waals surface area contributed by atoms with E-state index >= 15 is 0 Å². The van der Waals surface area contributed by atoms with Crippen molar-refractivity contribution >= 4 is 5.78 Å². The summed E-state index contributed by atoms with van der Waals surface area (Å²) in [5, 5.41) is 0. The van der Waals surface area contributed by atoms with Crippen molar-refractivity contribution in [3.05, 3.63) is 77.3 Å². The molecule has 1 aliphatic rings. The van der Waals surface area contributed by atoms with E-state index in [0.29, 0.717) is 12.2 Å². The smallest absolute Gasteiger partial charge is 0.230 e. The van der Waals surface area contributed by atoms with Crippen molar-refractivity contribution in [3.8, 4) is 5.75 Å². The predicted octanol–water partition coefficient (Wildman–Crippen LogP) is 3.53. The van der Waals surface area contributed by atoms with Crippen molar-refractivity contribution in [2.75, 3.05) is 0 Å². The van der Waals surface area contributed by atoms with E-state index in [9.17, 15) is 9.18 Å². The lowest BCUT2D eigenvalue weighted by Gasteiger charge is -2.17. The van der Waals surface area contributed by atoms with E-state index in [1.54, 1.807) is 24.3 Å². The molecule has 2 aromatic rings. The number of carbonyl (C=O) groups excluding carboxylic acids is 1. The van der Waals surface area contributed by atoms with E-state index < -0.39 is 11.6 Å². The summed E-state index contributed by atoms with van der Waals surface area (Å²) >= 11 is 0. The summed E-state index contributed by atoms with van der Waals surface area (Å²) in [6, 6.07) is 13.4. The highest BCUT2D eigenvalue weighted by Gasteiger charge is 2.21. The lowest BCUT2D eigenvalue weighted by atomic mass is 10.0. The summed E-state index contributed by atoms with van der Waals surface area (Å²) in [5.74, 6) is -0.114. The number of para-hydroxylation sites is 1. The molecule has 0 atom stereocenters. The van der Waals surface area contributed by atoms with Crippen LogP contribution in [0.25, 0.3) is 0 Å². The Kier molecular flexibility index (Phi) is 2.88. The number of ketones is 1. The van der Waals surface area contributed by atoms with Gasteiger partial charge in [-0.15, -0.1) is 0 Å². The fourth-order valence-electron chi connectivity index (χ4n) is 2.05. The van der Waals surface area contributed by atoms with Crippen molar-refractivity contribution < 1.29 is 13.9 Å². The number of halogens is 1. The molecule has 0 saturated carbocycles. The molecule has 0 N–H and O–H groups in total. The first-order valence-electron chi connectivity index (χ1n) is 6.01. The van der Waals surface area contributed by atoms with Gasteiger partial charge in [0, 0.05) is 0 Å². The Bertz CT molecular complexity index is 674. The molecule has 94 valence electrons. The average molecular weight is 254 g/mol. The van der Waals surface area contributed by atoms with Crippen LogP contribution < -0.4 is 4.74 Å². The van der Waals surface area contributed by atoms with Crippen molar-refractivity contribution in [2.24, 2.45) is 0 Å². The molecule has 3 heteroatoms. The maximum atomic E-state index is 13.6. The number of hydrogen-bond acceptors (Lipinski definition) is 2. The summed E-state index contributed by atoms with van der Waals surface area (Å²) in [6.45, 7) is 0. The number of allylic oxidation sites excluding steroid dienone is 2. The second-order valence-corrected chi connectivity index (χ2v) is 4.29. The van der Waals surface area contributed by atoms with Crippen LogP contribution in [0.5, 0.6) is 5.75 Å². The number of carbonyl (C=O) groups is 1. The van der Waals surface area contributed by atoms with Crippen LogP contribution in [-0.4, -0.2) is 5.78 Å². The van der Waals surface area contributed by atoms with Crippen molar-refractivity contribution in [1.29, 1.82) is 0 Å². The quantitative estimate of drug-likeness (QED) is 0.766. The molecular weight excluding hydrogens is 243 g/mol. The average Bonchev–Trinajstić information content (AvgIpc) is 2.46. The molecule has 0 fully saturated rings. The number of Topliss-reactive ketones (excluding diaryl/α,β-unsaturated/α-hetero) is 1. The largest absolute Gasteiger partial charge is 0.453 e. The molecule has 1 heterocycles. The predicted molar refractivity (Wildman–Crippen MR) is 69.6 cm³/mol. The third kappa shape index (κ3) is 2.15. The second kappa shape index (κ2) is 4.69. The molecule has 19 heavy (non-hydrogen) atoms. The maximum absolute atomic E-state index is 13.6. The summed E-state index contributed by atoms with van der Waals surface area (Å²) < 4.78 is 19.1. The zero-order valence-corrected chi connectivity index (χ0v) is 10.1. The van der Waals surface area contributed by atoms with Gasteiger partial charge >= 0.3 is 0 Å². The Morgan fingerprint density at radius 1 is 1.05 bits per heavy atom. The van der Waals surface area contributed by atoms with Gasteiger partial charge in [-0.1, -0.05) is 30.3 Å². The fraction of sp³-hybridized carbons (Fsp3) is 0.0625. The third-order valence-electron chi connectivity index (χ3n) is 3.04. The molecule has 2 aromatic carbocycles. The van der Waals surface area contributed by atoms with Gasteiger partial charge in [-0.3, -0.25) is 4.79 Å². The number of benzene rings is 2. The Morgan fingerprint density at radius 2 is 1.79 bits per heavy atom. The monoisotopic (exact) mass is 254 g/mol. The number of hydrogen-bond donors (Lipinski definition) is 0. The molecule has 3 rings (SSSR count). The van der Waals surface area contributed by atoms with E-state index in [4.69, 9.17) is 4.74 Å². The van der Waals surface area contributed by atoms with Gasteiger partial charge in [-0.2, -0.15) is 0 Å². The molecule has 0 aliphatic carbocycles. The molecular formula is C16H11FO2. The highest BCUT2D eigenvalue weighted by Crippen LogP contribution is 2.27. The van der Waals surface area contributed by atoms with Crippen LogP contribution in [0.1, 0.15) is 15.9 Å². The third-order valence-corrected chi connectivity index (χ3v) is 3.04. The molecule has 1 aliphatic heterocycles. The minimum absolute atomic E-state index is 0.0353. The van der Waals surface area contributed by atoms with Gasteiger partial charge in [0.1, 0.15) is 11.6 Å². The second-order valence-electron chi connectivity index (χ2n) is 4.29. The Balaban J connectivity index is 1.91. The summed E-state index contributed by atoms with van der Waals surface area (Å²) in [4.78, 5) is 12.2. The van der Waals surface area contributed by atoms with Gasteiger partial charge in [0.05, 0.1) is 5.56 Å². The van der Waals surface area contributed by atoms with Crippen molar-refractivity contribution in [3.63, 3.8) is 0 Å². The first-order chi connectivity index (χ1) is 9.25. The van der Waals surface area contributed by atoms with Crippen LogP contribution in [-0.2, 0) is 6.42 Å². The minimum atomic E-state index is -0.532. The zero-order chi connectivity index (χ0) is 13.2. The van der Waals surface area contributed by atoms with Crippen LogP contribution in [0.3, 0.4) is 0 Å². The van der Waals surface area contributed by atoms with E-state index in [0.717, 1.165) is 5.56 Å². The molecule has 2 nitrogen and oxygen atoms in total. The summed E-state index contributed by atoms with van der Waals surface area (Å²) in [6.07, 6.45) is 2.31. The van der Waals surface area contributed by atoms with Crippen LogP contribution in [0.4, 0.5) is 4.39 Å². The molecule has 0 radical (unpaired) electrons. The van der Waals surface area contributed by atoms with Gasteiger partial charge in [-0.05, 0) is 36.3 Å². The highest BCUT2D eigenvalue weighted by molar-refractivity contribution is 6.07. The Hall–Kier alpha value is -2.42. The topological polar surface area (TPSA) is 26.3 Å². The van der Waals surface area contributed by atoms with Crippen LogP contribution in [0.15, 0.2) is 60.4 Å². The van der Waals surface area contributed by atoms with E-state index in [1.807, 2.05) is 18.2 Å². The number of ether oxygens (including phenoxy) is 1. The number of fused-ring (bicyclic) bond motifs is 1. The van der Waals surface area contributed by atoms with E-state index in [1.165, 1.54) is 12.1 Å². The van der Waals surface area contributed by atoms with Crippen LogP contribution in [0, 0.1) is 5.82 Å². The molecule has 0 amide bonds. The van der Waals surface area contributed by atoms with Gasteiger partial charge in [0.15, 0.2) is 5.76 Å². The van der Waals surface area contributed by atoms with Gasteiger partial charge in [0.2, 0.25) is 5.78 Å². The Labute approximate surface area is 110 Å².